The summed E-state index contributed by atoms with van der Waals surface area (Å²) in [5.41, 5.74) is 0.940. The number of aliphatic carboxylic acids is 1. The summed E-state index contributed by atoms with van der Waals surface area (Å²) in [7, 11) is -3.78. The molecule has 5 nitrogen and oxygen atoms in total. The lowest BCUT2D eigenvalue weighted by Crippen LogP contribution is -2.36. The maximum Gasteiger partial charge on any atom is 0.318 e. The van der Waals surface area contributed by atoms with E-state index in [0.717, 1.165) is 9.87 Å². The molecule has 1 aromatic rings. The Labute approximate surface area is 113 Å². The van der Waals surface area contributed by atoms with E-state index in [4.69, 9.17) is 5.11 Å². The van der Waals surface area contributed by atoms with Gasteiger partial charge < -0.3 is 5.11 Å². The quantitative estimate of drug-likeness (QED) is 0.772. The number of hydrogen-bond acceptors (Lipinski definition) is 3. The Hall–Kier alpha value is -1.66. The van der Waals surface area contributed by atoms with Crippen LogP contribution in [0.25, 0.3) is 0 Å². The monoisotopic (exact) mass is 283 g/mol. The lowest BCUT2D eigenvalue weighted by Gasteiger charge is -2.19. The van der Waals surface area contributed by atoms with Gasteiger partial charge in [-0.2, -0.15) is 4.31 Å². The highest BCUT2D eigenvalue weighted by molar-refractivity contribution is 7.89. The van der Waals surface area contributed by atoms with Gasteiger partial charge in [-0.3, -0.25) is 4.79 Å². The number of carboxylic acid groups (broad SMARTS) is 1. The Bertz CT molecular complexity index is 549. The van der Waals surface area contributed by atoms with Gasteiger partial charge in [-0.05, 0) is 25.5 Å². The minimum absolute atomic E-state index is 0.100. The molecule has 6 heteroatoms. The smallest absolute Gasteiger partial charge is 0.318 e. The topological polar surface area (TPSA) is 74.7 Å². The fraction of sp³-hybridized carbons (Fsp3) is 0.308. The van der Waals surface area contributed by atoms with Crippen molar-refractivity contribution < 1.29 is 18.3 Å². The molecule has 0 radical (unpaired) electrons. The van der Waals surface area contributed by atoms with E-state index in [9.17, 15) is 13.2 Å². The van der Waals surface area contributed by atoms with E-state index in [1.54, 1.807) is 18.2 Å². The Morgan fingerprint density at radius 1 is 1.37 bits per heavy atom. The maximum atomic E-state index is 12.3. The molecule has 0 saturated carbocycles. The van der Waals surface area contributed by atoms with Gasteiger partial charge in [-0.25, -0.2) is 8.42 Å². The molecule has 0 heterocycles. The van der Waals surface area contributed by atoms with Crippen LogP contribution in [0.4, 0.5) is 0 Å². The molecule has 0 aliphatic heterocycles. The van der Waals surface area contributed by atoms with E-state index >= 15 is 0 Å². The fourth-order valence-electron chi connectivity index (χ4n) is 1.53. The van der Waals surface area contributed by atoms with Crippen molar-refractivity contribution in [3.05, 3.63) is 42.5 Å². The van der Waals surface area contributed by atoms with Crippen molar-refractivity contribution in [1.29, 1.82) is 0 Å². The second-order valence-electron chi connectivity index (χ2n) is 4.12. The summed E-state index contributed by atoms with van der Waals surface area (Å²) >= 11 is 0. The van der Waals surface area contributed by atoms with E-state index < -0.39 is 22.5 Å². The van der Waals surface area contributed by atoms with Crippen LogP contribution in [0.15, 0.2) is 41.8 Å². The number of hydrogen-bond donors (Lipinski definition) is 1. The largest absolute Gasteiger partial charge is 0.480 e. The highest BCUT2D eigenvalue weighted by atomic mass is 32.2. The van der Waals surface area contributed by atoms with Gasteiger partial charge >= 0.3 is 5.97 Å². The number of benzene rings is 1. The maximum absolute atomic E-state index is 12.3. The zero-order valence-electron chi connectivity index (χ0n) is 10.7. The second-order valence-corrected chi connectivity index (χ2v) is 6.06. The third-order valence-corrected chi connectivity index (χ3v) is 4.41. The molecule has 0 atom stereocenters. The molecular weight excluding hydrogens is 266 g/mol. The molecule has 19 heavy (non-hydrogen) atoms. The van der Waals surface area contributed by atoms with Crippen LogP contribution in [-0.2, 0) is 14.8 Å². The standard InChI is InChI=1S/C13H17NO4S/c1-3-4-9-14(10-13(15)16)19(17,18)12-7-5-11(2)6-8-12/h3,5-8H,1,4,9-10H2,2H3,(H,15,16). The van der Waals surface area contributed by atoms with Gasteiger partial charge in [0.25, 0.3) is 0 Å². The zero-order valence-corrected chi connectivity index (χ0v) is 11.6. The van der Waals surface area contributed by atoms with E-state index in [2.05, 4.69) is 6.58 Å². The first kappa shape index (κ1) is 15.4. The molecule has 0 aliphatic rings. The molecular formula is C13H17NO4S. The number of aryl methyl sites for hydroxylation is 1. The minimum Gasteiger partial charge on any atom is -0.480 e. The number of carboxylic acids is 1. The number of sulfonamides is 1. The first-order valence-electron chi connectivity index (χ1n) is 5.77. The molecule has 0 aromatic heterocycles. The van der Waals surface area contributed by atoms with Crippen LogP contribution in [0.2, 0.25) is 0 Å². The average Bonchev–Trinajstić information content (AvgIpc) is 2.34. The number of nitrogens with zero attached hydrogens (tertiary/aromatic N) is 1. The molecule has 0 bridgehead atoms. The van der Waals surface area contributed by atoms with Gasteiger partial charge in [0.2, 0.25) is 10.0 Å². The SMILES string of the molecule is C=CCCN(CC(=O)O)S(=O)(=O)c1ccc(C)cc1. The highest BCUT2D eigenvalue weighted by Gasteiger charge is 2.25. The third kappa shape index (κ3) is 4.18. The number of rotatable bonds is 7. The summed E-state index contributed by atoms with van der Waals surface area (Å²) in [5.74, 6) is -1.18. The van der Waals surface area contributed by atoms with Crippen molar-refractivity contribution in [3.63, 3.8) is 0 Å². The molecule has 0 fully saturated rings. The van der Waals surface area contributed by atoms with Crippen LogP contribution in [-0.4, -0.2) is 36.9 Å². The highest BCUT2D eigenvalue weighted by Crippen LogP contribution is 2.16. The van der Waals surface area contributed by atoms with Gasteiger partial charge in [0.05, 0.1) is 4.90 Å². The van der Waals surface area contributed by atoms with Crippen molar-refractivity contribution in [3.8, 4) is 0 Å². The molecule has 1 N–H and O–H groups in total. The molecule has 1 rings (SSSR count). The van der Waals surface area contributed by atoms with Crippen molar-refractivity contribution in [2.75, 3.05) is 13.1 Å². The molecule has 104 valence electrons. The Morgan fingerprint density at radius 2 is 1.95 bits per heavy atom. The first-order valence-corrected chi connectivity index (χ1v) is 7.21. The zero-order chi connectivity index (χ0) is 14.5. The van der Waals surface area contributed by atoms with E-state index in [-0.39, 0.29) is 11.4 Å². The molecule has 0 aliphatic carbocycles. The normalized spacial score (nSPS) is 11.5. The third-order valence-electron chi connectivity index (χ3n) is 2.55. The molecule has 0 saturated heterocycles. The average molecular weight is 283 g/mol. The van der Waals surface area contributed by atoms with Gasteiger partial charge in [0.15, 0.2) is 0 Å². The van der Waals surface area contributed by atoms with E-state index in [1.165, 1.54) is 12.1 Å². The Morgan fingerprint density at radius 3 is 2.42 bits per heavy atom. The predicted octanol–water partition coefficient (Wildman–Crippen LogP) is 1.65. The van der Waals surface area contributed by atoms with Crippen molar-refractivity contribution >= 4 is 16.0 Å². The van der Waals surface area contributed by atoms with Crippen molar-refractivity contribution in [2.45, 2.75) is 18.2 Å². The second kappa shape index (κ2) is 6.49. The lowest BCUT2D eigenvalue weighted by molar-refractivity contribution is -0.137. The summed E-state index contributed by atoms with van der Waals surface area (Å²) in [6.45, 7) is 4.91. The molecule has 0 spiro atoms. The number of carbonyl (C=O) groups is 1. The summed E-state index contributed by atoms with van der Waals surface area (Å²) in [6.07, 6.45) is 1.96. The van der Waals surface area contributed by atoms with Crippen LogP contribution < -0.4 is 0 Å². The van der Waals surface area contributed by atoms with Crippen LogP contribution in [0, 0.1) is 6.92 Å². The minimum atomic E-state index is -3.78. The fourth-order valence-corrected chi connectivity index (χ4v) is 2.93. The predicted molar refractivity (Wildman–Crippen MR) is 72.4 cm³/mol. The first-order chi connectivity index (χ1) is 8.87. The van der Waals surface area contributed by atoms with Crippen LogP contribution in [0.1, 0.15) is 12.0 Å². The van der Waals surface area contributed by atoms with E-state index in [1.807, 2.05) is 6.92 Å². The van der Waals surface area contributed by atoms with Gasteiger partial charge in [0, 0.05) is 6.54 Å². The van der Waals surface area contributed by atoms with Crippen LogP contribution >= 0.6 is 0 Å². The van der Waals surface area contributed by atoms with Crippen LogP contribution in [0.3, 0.4) is 0 Å². The van der Waals surface area contributed by atoms with Crippen molar-refractivity contribution in [2.24, 2.45) is 0 Å². The summed E-state index contributed by atoms with van der Waals surface area (Å²) < 4.78 is 25.6. The lowest BCUT2D eigenvalue weighted by atomic mass is 10.2. The van der Waals surface area contributed by atoms with Gasteiger partial charge in [-0.1, -0.05) is 23.8 Å². The van der Waals surface area contributed by atoms with Crippen molar-refractivity contribution in [1.82, 2.24) is 4.31 Å². The molecule has 0 amide bonds. The van der Waals surface area contributed by atoms with Gasteiger partial charge in [-0.15, -0.1) is 6.58 Å². The Balaban J connectivity index is 3.07. The summed E-state index contributed by atoms with van der Waals surface area (Å²) in [4.78, 5) is 10.9. The summed E-state index contributed by atoms with van der Waals surface area (Å²) in [6, 6.07) is 6.32. The van der Waals surface area contributed by atoms with Crippen LogP contribution in [0.5, 0.6) is 0 Å². The van der Waals surface area contributed by atoms with Gasteiger partial charge in [0.1, 0.15) is 6.54 Å². The molecule has 0 unspecified atom stereocenters. The summed E-state index contributed by atoms with van der Waals surface area (Å²) in [5, 5.41) is 8.81. The molecule has 1 aromatic carbocycles. The Kier molecular flexibility index (Phi) is 5.26. The van der Waals surface area contributed by atoms with E-state index in [0.29, 0.717) is 6.42 Å².